The van der Waals surface area contributed by atoms with E-state index in [-0.39, 0.29) is 24.5 Å². The topological polar surface area (TPSA) is 61.9 Å². The van der Waals surface area contributed by atoms with Crippen LogP contribution in [-0.2, 0) is 11.2 Å². The molecule has 1 aliphatic heterocycles. The highest BCUT2D eigenvalue weighted by atomic mass is 32.1. The molecule has 3 rings (SSSR count). The lowest BCUT2D eigenvalue weighted by Crippen LogP contribution is -2.50. The molecular weight excluding hydrogens is 386 g/mol. The lowest BCUT2D eigenvalue weighted by atomic mass is 10.0. The molecule has 0 saturated carbocycles. The highest BCUT2D eigenvalue weighted by molar-refractivity contribution is 7.10. The van der Waals surface area contributed by atoms with E-state index in [1.54, 1.807) is 16.2 Å². The Morgan fingerprint density at radius 3 is 2.76 bits per heavy atom. The molecule has 0 fully saturated rings. The number of urea groups is 1. The zero-order valence-electron chi connectivity index (χ0n) is 17.1. The van der Waals surface area contributed by atoms with Gasteiger partial charge in [-0.25, -0.2) is 4.79 Å². The van der Waals surface area contributed by atoms with Gasteiger partial charge in [-0.15, -0.1) is 11.3 Å². The van der Waals surface area contributed by atoms with E-state index in [0.29, 0.717) is 26.2 Å². The molecule has 29 heavy (non-hydrogen) atoms. The molecule has 1 N–H and O–H groups in total. The fourth-order valence-electron chi connectivity index (χ4n) is 3.61. The number of benzene rings is 1. The lowest BCUT2D eigenvalue weighted by molar-refractivity contribution is -0.135. The maximum absolute atomic E-state index is 13.2. The van der Waals surface area contributed by atoms with Gasteiger partial charge in [0.05, 0.1) is 6.04 Å². The highest BCUT2D eigenvalue weighted by Crippen LogP contribution is 2.34. The molecule has 156 valence electrons. The predicted molar refractivity (Wildman–Crippen MR) is 115 cm³/mol. The number of amides is 3. The van der Waals surface area contributed by atoms with Crippen molar-refractivity contribution in [2.24, 2.45) is 0 Å². The average molecular weight is 416 g/mol. The summed E-state index contributed by atoms with van der Waals surface area (Å²) in [7, 11) is 0. The van der Waals surface area contributed by atoms with Crippen LogP contribution in [0.5, 0.6) is 5.75 Å². The van der Waals surface area contributed by atoms with Crippen molar-refractivity contribution in [1.82, 2.24) is 15.1 Å². The molecule has 1 atom stereocenters. The van der Waals surface area contributed by atoms with Crippen LogP contribution in [0.3, 0.4) is 0 Å². The molecule has 0 unspecified atom stereocenters. The molecule has 2 heterocycles. The maximum Gasteiger partial charge on any atom is 0.317 e. The fraction of sp³-hybridized carbons (Fsp3) is 0.455. The number of carbonyl (C=O) groups is 2. The molecule has 0 bridgehead atoms. The van der Waals surface area contributed by atoms with Crippen molar-refractivity contribution in [3.63, 3.8) is 0 Å². The molecule has 0 radical (unpaired) electrons. The zero-order chi connectivity index (χ0) is 20.6. The Balaban J connectivity index is 1.74. The van der Waals surface area contributed by atoms with Crippen molar-refractivity contribution in [3.05, 3.63) is 52.2 Å². The second-order valence-electron chi connectivity index (χ2n) is 7.03. The van der Waals surface area contributed by atoms with Crippen LogP contribution < -0.4 is 10.1 Å². The Hall–Kier alpha value is -2.54. The summed E-state index contributed by atoms with van der Waals surface area (Å²) in [6.45, 7) is 6.11. The number of hydrogen-bond acceptors (Lipinski definition) is 4. The first-order valence-electron chi connectivity index (χ1n) is 10.2. The van der Waals surface area contributed by atoms with E-state index in [9.17, 15) is 9.59 Å². The van der Waals surface area contributed by atoms with Gasteiger partial charge in [-0.05, 0) is 48.9 Å². The quantitative estimate of drug-likeness (QED) is 0.715. The number of thiophene rings is 1. The van der Waals surface area contributed by atoms with Crippen molar-refractivity contribution in [3.8, 4) is 5.75 Å². The second kappa shape index (κ2) is 10.3. The monoisotopic (exact) mass is 415 g/mol. The number of fused-ring (bicyclic) bond motifs is 1. The minimum Gasteiger partial charge on any atom is -0.491 e. The van der Waals surface area contributed by atoms with E-state index in [1.807, 2.05) is 49.1 Å². The van der Waals surface area contributed by atoms with Gasteiger partial charge in [-0.1, -0.05) is 25.1 Å². The van der Waals surface area contributed by atoms with Crippen molar-refractivity contribution in [2.45, 2.75) is 32.7 Å². The Morgan fingerprint density at radius 1 is 1.24 bits per heavy atom. The molecule has 1 aliphatic rings. The summed E-state index contributed by atoms with van der Waals surface area (Å²) in [5, 5.41) is 4.88. The van der Waals surface area contributed by atoms with Gasteiger partial charge in [0.1, 0.15) is 18.9 Å². The van der Waals surface area contributed by atoms with E-state index in [4.69, 9.17) is 4.74 Å². The van der Waals surface area contributed by atoms with Gasteiger partial charge >= 0.3 is 6.03 Å². The lowest BCUT2D eigenvalue weighted by Gasteiger charge is -2.37. The van der Waals surface area contributed by atoms with Gasteiger partial charge in [0.2, 0.25) is 5.91 Å². The van der Waals surface area contributed by atoms with Crippen molar-refractivity contribution < 1.29 is 14.3 Å². The SMILES string of the molecule is CCCN(CC(=O)N1CCc2sccc2[C@H]1COc1ccccc1)C(=O)NCC. The van der Waals surface area contributed by atoms with Crippen LogP contribution in [0.15, 0.2) is 41.8 Å². The highest BCUT2D eigenvalue weighted by Gasteiger charge is 2.33. The number of hydrogen-bond donors (Lipinski definition) is 1. The van der Waals surface area contributed by atoms with E-state index in [2.05, 4.69) is 16.8 Å². The molecule has 1 aromatic carbocycles. The number of ether oxygens (including phenoxy) is 1. The Bertz CT molecular complexity index is 809. The Labute approximate surface area is 176 Å². The van der Waals surface area contributed by atoms with Crippen LogP contribution >= 0.6 is 11.3 Å². The molecular formula is C22H29N3O3S. The predicted octanol–water partition coefficient (Wildman–Crippen LogP) is 3.69. The first-order chi connectivity index (χ1) is 14.1. The third kappa shape index (κ3) is 5.29. The molecule has 0 aliphatic carbocycles. The number of para-hydroxylation sites is 1. The number of carbonyl (C=O) groups excluding carboxylic acids is 2. The van der Waals surface area contributed by atoms with Crippen LogP contribution in [0.1, 0.15) is 36.8 Å². The zero-order valence-corrected chi connectivity index (χ0v) is 17.9. The number of nitrogens with zero attached hydrogens (tertiary/aromatic N) is 2. The van der Waals surface area contributed by atoms with Crippen LogP contribution in [0, 0.1) is 0 Å². The summed E-state index contributed by atoms with van der Waals surface area (Å²) in [4.78, 5) is 30.3. The molecule has 3 amide bonds. The smallest absolute Gasteiger partial charge is 0.317 e. The standard InChI is InChI=1S/C22H29N3O3S/c1-3-12-24(22(27)23-4-2)15-21(26)25-13-10-20-18(11-14-29-20)19(25)16-28-17-8-6-5-7-9-17/h5-9,11,14,19H,3-4,10,12-13,15-16H2,1-2H3,(H,23,27)/t19-/m1/s1. The molecule has 7 heteroatoms. The van der Waals surface area contributed by atoms with Gasteiger partial charge in [0.25, 0.3) is 0 Å². The van der Waals surface area contributed by atoms with E-state index < -0.39 is 0 Å². The Kier molecular flexibility index (Phi) is 7.52. The third-order valence-corrected chi connectivity index (χ3v) is 6.00. The van der Waals surface area contributed by atoms with Gasteiger partial charge in [-0.3, -0.25) is 4.79 Å². The largest absolute Gasteiger partial charge is 0.491 e. The number of nitrogens with one attached hydrogen (secondary N) is 1. The minimum absolute atomic E-state index is 0.0387. The van der Waals surface area contributed by atoms with Gasteiger partial charge in [0.15, 0.2) is 0 Å². The summed E-state index contributed by atoms with van der Waals surface area (Å²) in [5.74, 6) is 0.750. The van der Waals surface area contributed by atoms with Gasteiger partial charge in [0, 0.05) is 24.5 Å². The van der Waals surface area contributed by atoms with E-state index >= 15 is 0 Å². The van der Waals surface area contributed by atoms with Crippen molar-refractivity contribution in [2.75, 3.05) is 32.8 Å². The summed E-state index contributed by atoms with van der Waals surface area (Å²) in [6, 6.07) is 11.4. The first-order valence-corrected chi connectivity index (χ1v) is 11.1. The first kappa shape index (κ1) is 21.2. The number of rotatable bonds is 8. The van der Waals surface area contributed by atoms with Gasteiger partial charge < -0.3 is 19.9 Å². The molecule has 0 spiro atoms. The molecule has 0 saturated heterocycles. The van der Waals surface area contributed by atoms with E-state index in [0.717, 1.165) is 24.2 Å². The van der Waals surface area contributed by atoms with Crippen molar-refractivity contribution >= 4 is 23.3 Å². The summed E-state index contributed by atoms with van der Waals surface area (Å²) in [5.41, 5.74) is 1.16. The van der Waals surface area contributed by atoms with Crippen LogP contribution in [0.4, 0.5) is 4.79 Å². The van der Waals surface area contributed by atoms with E-state index in [1.165, 1.54) is 4.88 Å². The Morgan fingerprint density at radius 2 is 2.03 bits per heavy atom. The molecule has 1 aromatic heterocycles. The normalized spacial score (nSPS) is 15.5. The fourth-order valence-corrected chi connectivity index (χ4v) is 4.53. The minimum atomic E-state index is -0.187. The summed E-state index contributed by atoms with van der Waals surface area (Å²) >= 11 is 1.73. The average Bonchev–Trinajstić information content (AvgIpc) is 3.21. The van der Waals surface area contributed by atoms with Crippen LogP contribution in [-0.4, -0.2) is 54.5 Å². The van der Waals surface area contributed by atoms with Crippen LogP contribution in [0.2, 0.25) is 0 Å². The van der Waals surface area contributed by atoms with Gasteiger partial charge in [-0.2, -0.15) is 0 Å². The second-order valence-corrected chi connectivity index (χ2v) is 8.03. The molecule has 6 nitrogen and oxygen atoms in total. The summed E-state index contributed by atoms with van der Waals surface area (Å²) in [6.07, 6.45) is 1.65. The third-order valence-electron chi connectivity index (χ3n) is 5.00. The van der Waals surface area contributed by atoms with Crippen molar-refractivity contribution in [1.29, 1.82) is 0 Å². The summed E-state index contributed by atoms with van der Waals surface area (Å²) < 4.78 is 6.01. The maximum atomic E-state index is 13.2. The molecule has 2 aromatic rings. The van der Waals surface area contributed by atoms with Crippen LogP contribution in [0.25, 0.3) is 0 Å².